The zero-order valence-corrected chi connectivity index (χ0v) is 20.1. The van der Waals surface area contributed by atoms with Gasteiger partial charge < -0.3 is 20.1 Å². The van der Waals surface area contributed by atoms with E-state index in [4.69, 9.17) is 0 Å². The molecule has 3 heterocycles. The van der Waals surface area contributed by atoms with Crippen LogP contribution in [0, 0.1) is 0 Å². The fourth-order valence-corrected chi connectivity index (χ4v) is 6.26. The molecule has 174 valence electrons. The molecule has 0 bridgehead atoms. The smallest absolute Gasteiger partial charge is 0.230 e. The number of hydrogen-bond acceptors (Lipinski definition) is 7. The topological polar surface area (TPSA) is 94.2 Å². The number of fused-ring (bicyclic) bond motifs is 1. The van der Waals surface area contributed by atoms with Gasteiger partial charge in [-0.25, -0.2) is 0 Å². The number of nitrogens with one attached hydrogen (secondary N) is 2. The van der Waals surface area contributed by atoms with Crippen molar-refractivity contribution < 1.29 is 9.59 Å². The highest BCUT2D eigenvalue weighted by molar-refractivity contribution is 8.01. The first kappa shape index (κ1) is 22.2. The summed E-state index contributed by atoms with van der Waals surface area (Å²) >= 11 is 2.96. The summed E-state index contributed by atoms with van der Waals surface area (Å²) in [6, 6.07) is 8.42. The Morgan fingerprint density at radius 2 is 1.91 bits per heavy atom. The minimum absolute atomic E-state index is 0.0750. The van der Waals surface area contributed by atoms with Gasteiger partial charge in [-0.15, -0.1) is 10.2 Å². The van der Waals surface area contributed by atoms with E-state index in [1.807, 2.05) is 29.3 Å². The predicted molar refractivity (Wildman–Crippen MR) is 132 cm³/mol. The normalized spacial score (nSPS) is 17.1. The van der Waals surface area contributed by atoms with Gasteiger partial charge in [0.2, 0.25) is 16.9 Å². The number of H-pyrrole nitrogens is 1. The SMILES string of the molecule is O=C(CSc1nnc(N2CCN(C(=O)Cc3c[nH]c4ccccc34)CC2)s1)NC1CCCC1. The Balaban J connectivity index is 1.09. The van der Waals surface area contributed by atoms with Crippen molar-refractivity contribution in [2.24, 2.45) is 0 Å². The first-order valence-electron chi connectivity index (χ1n) is 11.5. The highest BCUT2D eigenvalue weighted by atomic mass is 32.2. The fraction of sp³-hybridized carbons (Fsp3) is 0.478. The van der Waals surface area contributed by atoms with E-state index in [2.05, 4.69) is 31.5 Å². The molecule has 2 aromatic heterocycles. The van der Waals surface area contributed by atoms with Crippen LogP contribution in [0.2, 0.25) is 0 Å². The van der Waals surface area contributed by atoms with Gasteiger partial charge in [0.15, 0.2) is 4.34 Å². The van der Waals surface area contributed by atoms with Crippen LogP contribution in [0.25, 0.3) is 10.9 Å². The monoisotopic (exact) mass is 484 g/mol. The Hall–Kier alpha value is -2.59. The molecule has 0 radical (unpaired) electrons. The summed E-state index contributed by atoms with van der Waals surface area (Å²) in [5.74, 6) is 0.605. The van der Waals surface area contributed by atoms with Crippen molar-refractivity contribution >= 4 is 50.9 Å². The standard InChI is InChI=1S/C23H28N6O2S2/c30-20(25-17-5-1-2-6-17)15-32-23-27-26-22(33-23)29-11-9-28(10-12-29)21(31)13-16-14-24-19-8-4-3-7-18(16)19/h3-4,7-8,14,17,24H,1-2,5-6,9-13,15H2,(H,25,30). The van der Waals surface area contributed by atoms with Gasteiger partial charge in [0.25, 0.3) is 0 Å². The third-order valence-corrected chi connectivity index (χ3v) is 8.48. The largest absolute Gasteiger partial charge is 0.361 e. The number of para-hydroxylation sites is 1. The van der Waals surface area contributed by atoms with Crippen LogP contribution in [-0.2, 0) is 16.0 Å². The van der Waals surface area contributed by atoms with Crippen molar-refractivity contribution in [3.05, 3.63) is 36.0 Å². The molecule has 8 nitrogen and oxygen atoms in total. The molecule has 10 heteroatoms. The quantitative estimate of drug-likeness (QED) is 0.501. The van der Waals surface area contributed by atoms with E-state index in [9.17, 15) is 9.59 Å². The second-order valence-corrected chi connectivity index (χ2v) is 10.8. The number of rotatable bonds is 7. The van der Waals surface area contributed by atoms with Gasteiger partial charge in [-0.1, -0.05) is 54.1 Å². The Labute approximate surface area is 201 Å². The van der Waals surface area contributed by atoms with Crippen LogP contribution in [0.15, 0.2) is 34.8 Å². The van der Waals surface area contributed by atoms with Gasteiger partial charge in [-0.2, -0.15) is 0 Å². The molecule has 5 rings (SSSR count). The molecular weight excluding hydrogens is 456 g/mol. The average molecular weight is 485 g/mol. The summed E-state index contributed by atoms with van der Waals surface area (Å²) in [7, 11) is 0. The van der Waals surface area contributed by atoms with Crippen LogP contribution < -0.4 is 10.2 Å². The number of carbonyl (C=O) groups is 2. The summed E-state index contributed by atoms with van der Waals surface area (Å²) in [5, 5.41) is 13.7. The summed E-state index contributed by atoms with van der Waals surface area (Å²) in [6.07, 6.45) is 6.95. The zero-order valence-electron chi connectivity index (χ0n) is 18.5. The first-order valence-corrected chi connectivity index (χ1v) is 13.3. The number of anilines is 1. The van der Waals surface area contributed by atoms with Crippen molar-refractivity contribution in [1.29, 1.82) is 0 Å². The molecule has 0 unspecified atom stereocenters. The lowest BCUT2D eigenvalue weighted by Crippen LogP contribution is -2.49. The van der Waals surface area contributed by atoms with Gasteiger partial charge >= 0.3 is 0 Å². The van der Waals surface area contributed by atoms with Crippen LogP contribution in [-0.4, -0.2) is 69.9 Å². The molecule has 2 N–H and O–H groups in total. The number of nitrogens with zero attached hydrogens (tertiary/aromatic N) is 4. The van der Waals surface area contributed by atoms with E-state index in [0.717, 1.165) is 51.9 Å². The maximum absolute atomic E-state index is 12.9. The number of aromatic amines is 1. The molecule has 1 saturated heterocycles. The van der Waals surface area contributed by atoms with Gasteiger partial charge in [-0.3, -0.25) is 9.59 Å². The summed E-state index contributed by atoms with van der Waals surface area (Å²) < 4.78 is 0.810. The average Bonchev–Trinajstić information content (AvgIpc) is 3.60. The Bertz CT molecular complexity index is 1120. The third kappa shape index (κ3) is 5.33. The Kier molecular flexibility index (Phi) is 6.82. The molecule has 2 fully saturated rings. The molecule has 2 aliphatic rings. The summed E-state index contributed by atoms with van der Waals surface area (Å²) in [5.41, 5.74) is 2.10. The first-order chi connectivity index (χ1) is 16.2. The fourth-order valence-electron chi connectivity index (χ4n) is 4.56. The molecule has 1 aliphatic carbocycles. The summed E-state index contributed by atoms with van der Waals surface area (Å²) in [4.78, 5) is 32.3. The van der Waals surface area contributed by atoms with Crippen LogP contribution in [0.1, 0.15) is 31.2 Å². The van der Waals surface area contributed by atoms with Crippen molar-refractivity contribution in [2.75, 3.05) is 36.8 Å². The number of hydrogen-bond donors (Lipinski definition) is 2. The molecule has 0 spiro atoms. The van der Waals surface area contributed by atoms with Crippen molar-refractivity contribution in [1.82, 2.24) is 25.4 Å². The molecule has 1 aliphatic heterocycles. The van der Waals surface area contributed by atoms with Gasteiger partial charge in [0, 0.05) is 49.3 Å². The van der Waals surface area contributed by atoms with Crippen LogP contribution in [0.5, 0.6) is 0 Å². The molecular formula is C23H28N6O2S2. The number of aromatic nitrogens is 3. The maximum atomic E-state index is 12.9. The second kappa shape index (κ2) is 10.1. The molecule has 3 aromatic rings. The van der Waals surface area contributed by atoms with Crippen molar-refractivity contribution in [2.45, 2.75) is 42.5 Å². The molecule has 2 amide bonds. The predicted octanol–water partition coefficient (Wildman–Crippen LogP) is 3.06. The van der Waals surface area contributed by atoms with Crippen molar-refractivity contribution in [3.8, 4) is 0 Å². The minimum Gasteiger partial charge on any atom is -0.361 e. The van der Waals surface area contributed by atoms with Crippen LogP contribution in [0.4, 0.5) is 5.13 Å². The molecule has 1 aromatic carbocycles. The van der Waals surface area contributed by atoms with E-state index >= 15 is 0 Å². The van der Waals surface area contributed by atoms with E-state index in [1.54, 1.807) is 0 Å². The molecule has 0 atom stereocenters. The third-order valence-electron chi connectivity index (χ3n) is 6.36. The van der Waals surface area contributed by atoms with Gasteiger partial charge in [-0.05, 0) is 24.5 Å². The lowest BCUT2D eigenvalue weighted by atomic mass is 10.1. The Morgan fingerprint density at radius 3 is 2.73 bits per heavy atom. The number of carbonyl (C=O) groups excluding carboxylic acids is 2. The van der Waals surface area contributed by atoms with Crippen molar-refractivity contribution in [3.63, 3.8) is 0 Å². The van der Waals surface area contributed by atoms with Crippen LogP contribution in [0.3, 0.4) is 0 Å². The highest BCUT2D eigenvalue weighted by Gasteiger charge is 2.24. The number of piperazine rings is 1. The second-order valence-electron chi connectivity index (χ2n) is 8.59. The number of amides is 2. The lowest BCUT2D eigenvalue weighted by Gasteiger charge is -2.34. The Morgan fingerprint density at radius 1 is 1.12 bits per heavy atom. The lowest BCUT2D eigenvalue weighted by molar-refractivity contribution is -0.130. The summed E-state index contributed by atoms with van der Waals surface area (Å²) in [6.45, 7) is 2.82. The van der Waals surface area contributed by atoms with E-state index in [0.29, 0.717) is 31.3 Å². The number of thioether (sulfide) groups is 1. The van der Waals surface area contributed by atoms with Gasteiger partial charge in [0.1, 0.15) is 0 Å². The van der Waals surface area contributed by atoms with Crippen LogP contribution >= 0.6 is 23.1 Å². The van der Waals surface area contributed by atoms with Gasteiger partial charge in [0.05, 0.1) is 12.2 Å². The maximum Gasteiger partial charge on any atom is 0.230 e. The number of benzene rings is 1. The zero-order chi connectivity index (χ0) is 22.6. The molecule has 33 heavy (non-hydrogen) atoms. The molecule has 1 saturated carbocycles. The highest BCUT2D eigenvalue weighted by Crippen LogP contribution is 2.29. The minimum atomic E-state index is 0.0750. The van der Waals surface area contributed by atoms with E-state index in [-0.39, 0.29) is 11.8 Å². The van der Waals surface area contributed by atoms with E-state index < -0.39 is 0 Å². The van der Waals surface area contributed by atoms with E-state index in [1.165, 1.54) is 35.9 Å².